The normalized spacial score (nSPS) is 10.4. The topological polar surface area (TPSA) is 17.1 Å². The summed E-state index contributed by atoms with van der Waals surface area (Å²) >= 11 is 0. The zero-order valence-corrected chi connectivity index (χ0v) is 7.04. The van der Waals surface area contributed by atoms with Gasteiger partial charge in [-0.25, -0.2) is 8.78 Å². The lowest BCUT2D eigenvalue weighted by Crippen LogP contribution is -1.88. The SMILES string of the molecule is O=CCCc1ccc(C(F)F)cc1. The molecule has 1 aromatic carbocycles. The van der Waals surface area contributed by atoms with Crippen LogP contribution in [-0.4, -0.2) is 6.29 Å². The highest BCUT2D eigenvalue weighted by atomic mass is 19.3. The highest BCUT2D eigenvalue weighted by Crippen LogP contribution is 2.18. The average Bonchev–Trinajstić information content (AvgIpc) is 2.15. The Morgan fingerprint density at radius 2 is 1.85 bits per heavy atom. The van der Waals surface area contributed by atoms with Gasteiger partial charge in [0, 0.05) is 12.0 Å². The number of carbonyl (C=O) groups is 1. The van der Waals surface area contributed by atoms with E-state index in [1.807, 2.05) is 0 Å². The fourth-order valence-electron chi connectivity index (χ4n) is 1.06. The van der Waals surface area contributed by atoms with E-state index >= 15 is 0 Å². The van der Waals surface area contributed by atoms with Crippen molar-refractivity contribution in [3.05, 3.63) is 35.4 Å². The van der Waals surface area contributed by atoms with Gasteiger partial charge in [0.05, 0.1) is 0 Å². The maximum absolute atomic E-state index is 12.1. The van der Waals surface area contributed by atoms with E-state index in [-0.39, 0.29) is 5.56 Å². The fourth-order valence-corrected chi connectivity index (χ4v) is 1.06. The van der Waals surface area contributed by atoms with Crippen molar-refractivity contribution in [1.82, 2.24) is 0 Å². The van der Waals surface area contributed by atoms with E-state index in [2.05, 4.69) is 0 Å². The van der Waals surface area contributed by atoms with Gasteiger partial charge in [-0.2, -0.15) is 0 Å². The molecule has 0 aliphatic rings. The Balaban J connectivity index is 2.64. The molecule has 0 fully saturated rings. The molecular formula is C10H10F2O. The minimum absolute atomic E-state index is 0.0230. The number of benzene rings is 1. The van der Waals surface area contributed by atoms with Crippen LogP contribution in [0, 0.1) is 0 Å². The van der Waals surface area contributed by atoms with Crippen LogP contribution in [0.3, 0.4) is 0 Å². The van der Waals surface area contributed by atoms with Crippen molar-refractivity contribution in [2.24, 2.45) is 0 Å². The molecule has 0 saturated heterocycles. The molecule has 0 bridgehead atoms. The molecular weight excluding hydrogens is 174 g/mol. The molecule has 0 aliphatic carbocycles. The van der Waals surface area contributed by atoms with Crippen LogP contribution in [0.2, 0.25) is 0 Å². The van der Waals surface area contributed by atoms with E-state index < -0.39 is 6.43 Å². The van der Waals surface area contributed by atoms with Gasteiger partial charge in [-0.3, -0.25) is 0 Å². The molecule has 0 amide bonds. The van der Waals surface area contributed by atoms with Crippen LogP contribution in [0.1, 0.15) is 24.0 Å². The van der Waals surface area contributed by atoms with Crippen molar-refractivity contribution in [1.29, 1.82) is 0 Å². The molecule has 1 nitrogen and oxygen atoms in total. The largest absolute Gasteiger partial charge is 0.303 e. The lowest BCUT2D eigenvalue weighted by atomic mass is 10.1. The summed E-state index contributed by atoms with van der Waals surface area (Å²) in [7, 11) is 0. The third-order valence-electron chi connectivity index (χ3n) is 1.78. The highest BCUT2D eigenvalue weighted by Gasteiger charge is 2.05. The summed E-state index contributed by atoms with van der Waals surface area (Å²) in [6.45, 7) is 0. The van der Waals surface area contributed by atoms with Crippen LogP contribution in [0.4, 0.5) is 8.78 Å². The molecule has 0 unspecified atom stereocenters. The first kappa shape index (κ1) is 9.84. The summed E-state index contributed by atoms with van der Waals surface area (Å²) in [4.78, 5) is 10.0. The predicted octanol–water partition coefficient (Wildman–Crippen LogP) is 2.76. The van der Waals surface area contributed by atoms with Gasteiger partial charge >= 0.3 is 0 Å². The molecule has 1 rings (SSSR count). The second-order valence-electron chi connectivity index (χ2n) is 2.75. The van der Waals surface area contributed by atoms with Gasteiger partial charge < -0.3 is 4.79 Å². The van der Waals surface area contributed by atoms with E-state index in [1.54, 1.807) is 12.1 Å². The highest BCUT2D eigenvalue weighted by molar-refractivity contribution is 5.50. The van der Waals surface area contributed by atoms with Crippen LogP contribution in [0.15, 0.2) is 24.3 Å². The molecule has 0 aromatic heterocycles. The maximum atomic E-state index is 12.1. The smallest absolute Gasteiger partial charge is 0.263 e. The summed E-state index contributed by atoms with van der Waals surface area (Å²) in [5, 5.41) is 0. The van der Waals surface area contributed by atoms with E-state index in [0.717, 1.165) is 11.8 Å². The van der Waals surface area contributed by atoms with Gasteiger partial charge in [-0.1, -0.05) is 24.3 Å². The fraction of sp³-hybridized carbons (Fsp3) is 0.300. The van der Waals surface area contributed by atoms with Crippen molar-refractivity contribution in [3.8, 4) is 0 Å². The molecule has 70 valence electrons. The molecule has 0 saturated carbocycles. The minimum atomic E-state index is -2.42. The Morgan fingerprint density at radius 3 is 2.31 bits per heavy atom. The zero-order valence-electron chi connectivity index (χ0n) is 7.04. The summed E-state index contributed by atoms with van der Waals surface area (Å²) in [6.07, 6.45) is -0.540. The molecule has 0 heterocycles. The predicted molar refractivity (Wildman–Crippen MR) is 45.8 cm³/mol. The van der Waals surface area contributed by atoms with Crippen molar-refractivity contribution < 1.29 is 13.6 Å². The van der Waals surface area contributed by atoms with Crippen LogP contribution < -0.4 is 0 Å². The average molecular weight is 184 g/mol. The number of carbonyl (C=O) groups excluding carboxylic acids is 1. The first-order valence-corrected chi connectivity index (χ1v) is 4.04. The molecule has 1 aromatic rings. The lowest BCUT2D eigenvalue weighted by Gasteiger charge is -2.00. The van der Waals surface area contributed by atoms with Crippen LogP contribution in [-0.2, 0) is 11.2 Å². The molecule has 0 atom stereocenters. The lowest BCUT2D eigenvalue weighted by molar-refractivity contribution is -0.107. The molecule has 3 heteroatoms. The Hall–Kier alpha value is -1.25. The Kier molecular flexibility index (Phi) is 3.55. The number of halogens is 2. The molecule has 0 spiro atoms. The van der Waals surface area contributed by atoms with Crippen molar-refractivity contribution in [2.75, 3.05) is 0 Å². The van der Waals surface area contributed by atoms with Gasteiger partial charge in [0.1, 0.15) is 6.29 Å². The van der Waals surface area contributed by atoms with E-state index in [1.165, 1.54) is 12.1 Å². The third kappa shape index (κ3) is 2.93. The van der Waals surface area contributed by atoms with Gasteiger partial charge in [0.2, 0.25) is 0 Å². The summed E-state index contributed by atoms with van der Waals surface area (Å²) in [6, 6.07) is 6.05. The third-order valence-corrected chi connectivity index (χ3v) is 1.78. The van der Waals surface area contributed by atoms with Crippen molar-refractivity contribution in [3.63, 3.8) is 0 Å². The number of hydrogen-bond acceptors (Lipinski definition) is 1. The molecule has 13 heavy (non-hydrogen) atoms. The first-order valence-electron chi connectivity index (χ1n) is 4.04. The second kappa shape index (κ2) is 4.70. The number of rotatable bonds is 4. The first-order chi connectivity index (χ1) is 6.24. The standard InChI is InChI=1S/C10H10F2O/c11-10(12)9-5-3-8(4-6-9)2-1-7-13/h3-7,10H,1-2H2. The van der Waals surface area contributed by atoms with Crippen LogP contribution >= 0.6 is 0 Å². The summed E-state index contributed by atoms with van der Waals surface area (Å²) < 4.78 is 24.2. The van der Waals surface area contributed by atoms with Crippen LogP contribution in [0.25, 0.3) is 0 Å². The number of hydrogen-bond donors (Lipinski definition) is 0. The molecule has 0 aliphatic heterocycles. The van der Waals surface area contributed by atoms with Crippen molar-refractivity contribution >= 4 is 6.29 Å². The van der Waals surface area contributed by atoms with Gasteiger partial charge in [-0.05, 0) is 12.0 Å². The number of alkyl halides is 2. The second-order valence-corrected chi connectivity index (χ2v) is 2.75. The monoisotopic (exact) mass is 184 g/mol. The Morgan fingerprint density at radius 1 is 1.23 bits per heavy atom. The van der Waals surface area contributed by atoms with Crippen LogP contribution in [0.5, 0.6) is 0 Å². The minimum Gasteiger partial charge on any atom is -0.303 e. The van der Waals surface area contributed by atoms with Gasteiger partial charge in [-0.15, -0.1) is 0 Å². The molecule has 0 radical (unpaired) electrons. The molecule has 0 N–H and O–H groups in total. The van der Waals surface area contributed by atoms with E-state index in [4.69, 9.17) is 0 Å². The number of aldehydes is 1. The van der Waals surface area contributed by atoms with E-state index in [9.17, 15) is 13.6 Å². The van der Waals surface area contributed by atoms with Gasteiger partial charge in [0.25, 0.3) is 6.43 Å². The van der Waals surface area contributed by atoms with Crippen molar-refractivity contribution in [2.45, 2.75) is 19.3 Å². The van der Waals surface area contributed by atoms with E-state index in [0.29, 0.717) is 12.8 Å². The maximum Gasteiger partial charge on any atom is 0.263 e. The number of aryl methyl sites for hydroxylation is 1. The summed E-state index contributed by atoms with van der Waals surface area (Å²) in [5.41, 5.74) is 0.936. The Labute approximate surface area is 75.4 Å². The zero-order chi connectivity index (χ0) is 9.68. The Bertz CT molecular complexity index is 267. The van der Waals surface area contributed by atoms with Gasteiger partial charge in [0.15, 0.2) is 0 Å². The quantitative estimate of drug-likeness (QED) is 0.657. The summed E-state index contributed by atoms with van der Waals surface area (Å²) in [5.74, 6) is 0.